The van der Waals surface area contributed by atoms with E-state index in [1.807, 2.05) is 36.4 Å². The minimum atomic E-state index is -0.498. The van der Waals surface area contributed by atoms with Crippen molar-refractivity contribution in [2.75, 3.05) is 7.11 Å². The standard InChI is InChI=1S/C22H18N4O4/c1-30-20-9-7-13-4-2-3-5-16(13)21(20)17-11-18(25-24-17)22(29)26-23-12-14-6-8-15(27)10-19(14)28/h2-12,27-28H,1H3,(H,24,25)(H,26,29)/b23-12+. The first-order valence-corrected chi connectivity index (χ1v) is 9.03. The lowest BCUT2D eigenvalue weighted by molar-refractivity contribution is 0.0950. The number of rotatable bonds is 5. The van der Waals surface area contributed by atoms with Crippen molar-refractivity contribution in [3.8, 4) is 28.5 Å². The van der Waals surface area contributed by atoms with Gasteiger partial charge >= 0.3 is 0 Å². The van der Waals surface area contributed by atoms with E-state index in [2.05, 4.69) is 20.7 Å². The Bertz CT molecular complexity index is 1260. The van der Waals surface area contributed by atoms with Gasteiger partial charge in [-0.25, -0.2) is 5.43 Å². The van der Waals surface area contributed by atoms with Crippen LogP contribution in [0.5, 0.6) is 17.2 Å². The van der Waals surface area contributed by atoms with E-state index in [9.17, 15) is 15.0 Å². The number of fused-ring (bicyclic) bond motifs is 1. The van der Waals surface area contributed by atoms with Gasteiger partial charge in [0.05, 0.1) is 24.6 Å². The fraction of sp³-hybridized carbons (Fsp3) is 0.0455. The molecule has 3 aromatic carbocycles. The average Bonchev–Trinajstić information content (AvgIpc) is 3.24. The highest BCUT2D eigenvalue weighted by Gasteiger charge is 2.16. The van der Waals surface area contributed by atoms with E-state index in [0.29, 0.717) is 17.0 Å². The zero-order valence-corrected chi connectivity index (χ0v) is 16.0. The van der Waals surface area contributed by atoms with Gasteiger partial charge in [-0.1, -0.05) is 30.3 Å². The monoisotopic (exact) mass is 402 g/mol. The number of aromatic nitrogens is 2. The Morgan fingerprint density at radius 3 is 2.77 bits per heavy atom. The molecule has 1 aromatic heterocycles. The van der Waals surface area contributed by atoms with Crippen LogP contribution in [-0.4, -0.2) is 39.6 Å². The Morgan fingerprint density at radius 2 is 1.97 bits per heavy atom. The molecule has 0 aliphatic carbocycles. The van der Waals surface area contributed by atoms with Gasteiger partial charge in [0.25, 0.3) is 5.91 Å². The van der Waals surface area contributed by atoms with Crippen LogP contribution in [0.2, 0.25) is 0 Å². The molecule has 0 saturated heterocycles. The summed E-state index contributed by atoms with van der Waals surface area (Å²) in [6, 6.07) is 17.3. The highest BCUT2D eigenvalue weighted by Crippen LogP contribution is 2.36. The van der Waals surface area contributed by atoms with Gasteiger partial charge in [-0.15, -0.1) is 0 Å². The van der Waals surface area contributed by atoms with Crippen molar-refractivity contribution in [2.24, 2.45) is 5.10 Å². The van der Waals surface area contributed by atoms with Gasteiger partial charge in [-0.3, -0.25) is 9.89 Å². The number of amides is 1. The maximum atomic E-state index is 12.4. The quantitative estimate of drug-likeness (QED) is 0.301. The predicted molar refractivity (Wildman–Crippen MR) is 113 cm³/mol. The van der Waals surface area contributed by atoms with Crippen LogP contribution in [0.4, 0.5) is 0 Å². The first-order valence-electron chi connectivity index (χ1n) is 9.03. The second-order valence-corrected chi connectivity index (χ2v) is 6.47. The Labute approximate surface area is 171 Å². The van der Waals surface area contributed by atoms with Crippen LogP contribution in [0.15, 0.2) is 65.8 Å². The van der Waals surface area contributed by atoms with E-state index < -0.39 is 5.91 Å². The fourth-order valence-corrected chi connectivity index (χ4v) is 3.11. The zero-order valence-electron chi connectivity index (χ0n) is 16.0. The molecule has 0 aliphatic heterocycles. The topological polar surface area (TPSA) is 120 Å². The molecule has 0 bridgehead atoms. The van der Waals surface area contributed by atoms with Gasteiger partial charge in [-0.05, 0) is 35.0 Å². The van der Waals surface area contributed by atoms with Crippen LogP contribution in [0, 0.1) is 0 Å². The number of hydrogen-bond donors (Lipinski definition) is 4. The summed E-state index contributed by atoms with van der Waals surface area (Å²) < 4.78 is 5.49. The number of phenols is 2. The molecule has 30 heavy (non-hydrogen) atoms. The number of aromatic hydroxyl groups is 2. The highest BCUT2D eigenvalue weighted by atomic mass is 16.5. The summed E-state index contributed by atoms with van der Waals surface area (Å²) in [7, 11) is 1.58. The maximum Gasteiger partial charge on any atom is 0.289 e. The van der Waals surface area contributed by atoms with Crippen LogP contribution >= 0.6 is 0 Å². The van der Waals surface area contributed by atoms with Gasteiger partial charge in [-0.2, -0.15) is 10.2 Å². The third kappa shape index (κ3) is 3.66. The summed E-state index contributed by atoms with van der Waals surface area (Å²) in [4.78, 5) is 12.4. The molecule has 8 nitrogen and oxygen atoms in total. The van der Waals surface area contributed by atoms with Crippen LogP contribution in [0.25, 0.3) is 22.0 Å². The third-order valence-electron chi connectivity index (χ3n) is 4.57. The molecule has 1 amide bonds. The predicted octanol–water partition coefficient (Wildman–Crippen LogP) is 3.41. The molecular weight excluding hydrogens is 384 g/mol. The smallest absolute Gasteiger partial charge is 0.289 e. The molecule has 0 radical (unpaired) electrons. The average molecular weight is 402 g/mol. The van der Waals surface area contributed by atoms with Crippen molar-refractivity contribution in [2.45, 2.75) is 0 Å². The van der Waals surface area contributed by atoms with Crippen LogP contribution in [-0.2, 0) is 0 Å². The third-order valence-corrected chi connectivity index (χ3v) is 4.57. The Balaban J connectivity index is 1.58. The molecule has 0 atom stereocenters. The van der Waals surface area contributed by atoms with E-state index in [1.165, 1.54) is 24.4 Å². The Hall–Kier alpha value is -4.33. The molecule has 0 fully saturated rings. The number of methoxy groups -OCH3 is 1. The lowest BCUT2D eigenvalue weighted by atomic mass is 10.0. The number of phenolic OH excluding ortho intramolecular Hbond substituents is 2. The molecule has 0 spiro atoms. The van der Waals surface area contributed by atoms with Crippen LogP contribution in [0.3, 0.4) is 0 Å². The molecule has 4 aromatic rings. The maximum absolute atomic E-state index is 12.4. The van der Waals surface area contributed by atoms with Crippen molar-refractivity contribution in [3.63, 3.8) is 0 Å². The molecule has 1 heterocycles. The van der Waals surface area contributed by atoms with Gasteiger partial charge in [0.2, 0.25) is 0 Å². The summed E-state index contributed by atoms with van der Waals surface area (Å²) in [5.74, 6) is -0.0714. The van der Waals surface area contributed by atoms with Crippen molar-refractivity contribution in [1.29, 1.82) is 0 Å². The van der Waals surface area contributed by atoms with Crippen molar-refractivity contribution in [1.82, 2.24) is 15.6 Å². The Morgan fingerprint density at radius 1 is 1.13 bits per heavy atom. The second kappa shape index (κ2) is 7.96. The molecule has 0 saturated carbocycles. The first-order chi connectivity index (χ1) is 14.6. The van der Waals surface area contributed by atoms with Gasteiger partial charge in [0.1, 0.15) is 22.9 Å². The number of hydrogen-bond acceptors (Lipinski definition) is 6. The summed E-state index contributed by atoms with van der Waals surface area (Å²) >= 11 is 0. The summed E-state index contributed by atoms with van der Waals surface area (Å²) in [5.41, 5.74) is 4.28. The van der Waals surface area contributed by atoms with Crippen molar-refractivity contribution >= 4 is 22.9 Å². The number of nitrogens with zero attached hydrogens (tertiary/aromatic N) is 2. The Kier molecular flexibility index (Phi) is 5.04. The number of carbonyl (C=O) groups excluding carboxylic acids is 1. The number of benzene rings is 3. The van der Waals surface area contributed by atoms with E-state index in [4.69, 9.17) is 4.74 Å². The summed E-state index contributed by atoms with van der Waals surface area (Å²) in [6.45, 7) is 0. The number of carbonyl (C=O) groups is 1. The minimum absolute atomic E-state index is 0.0671. The summed E-state index contributed by atoms with van der Waals surface area (Å²) in [6.07, 6.45) is 1.28. The molecule has 8 heteroatoms. The van der Waals surface area contributed by atoms with Crippen LogP contribution in [0.1, 0.15) is 16.1 Å². The van der Waals surface area contributed by atoms with Crippen molar-refractivity contribution in [3.05, 3.63) is 71.9 Å². The number of nitrogens with one attached hydrogen (secondary N) is 2. The lowest BCUT2D eigenvalue weighted by Gasteiger charge is -2.09. The van der Waals surface area contributed by atoms with E-state index >= 15 is 0 Å². The normalized spacial score (nSPS) is 11.1. The molecule has 4 N–H and O–H groups in total. The van der Waals surface area contributed by atoms with Gasteiger partial charge in [0, 0.05) is 11.6 Å². The SMILES string of the molecule is COc1ccc2ccccc2c1-c1cc(C(=O)N/N=C/c2ccc(O)cc2O)[nH]n1. The molecule has 4 rings (SSSR count). The lowest BCUT2D eigenvalue weighted by Crippen LogP contribution is -2.18. The van der Waals surface area contributed by atoms with Crippen molar-refractivity contribution < 1.29 is 19.7 Å². The molecule has 150 valence electrons. The van der Waals surface area contributed by atoms with Crippen LogP contribution < -0.4 is 10.2 Å². The number of H-pyrrole nitrogens is 1. The highest BCUT2D eigenvalue weighted by molar-refractivity contribution is 6.00. The van der Waals surface area contributed by atoms with Gasteiger partial charge < -0.3 is 14.9 Å². The zero-order chi connectivity index (χ0) is 21.1. The van der Waals surface area contributed by atoms with E-state index in [1.54, 1.807) is 13.2 Å². The number of hydrazone groups is 1. The molecular formula is C22H18N4O4. The minimum Gasteiger partial charge on any atom is -0.508 e. The second-order valence-electron chi connectivity index (χ2n) is 6.47. The molecule has 0 aliphatic rings. The number of aromatic amines is 1. The summed E-state index contributed by atoms with van der Waals surface area (Å²) in [5, 5.41) is 31.9. The number of ether oxygens (including phenoxy) is 1. The van der Waals surface area contributed by atoms with E-state index in [-0.39, 0.29) is 17.2 Å². The molecule has 0 unspecified atom stereocenters. The van der Waals surface area contributed by atoms with Gasteiger partial charge in [0.15, 0.2) is 0 Å². The first kappa shape index (κ1) is 19.0. The fourth-order valence-electron chi connectivity index (χ4n) is 3.11. The van der Waals surface area contributed by atoms with E-state index in [0.717, 1.165) is 16.3 Å². The largest absolute Gasteiger partial charge is 0.508 e.